The number of anilines is 3. The molecule has 1 aromatic heterocycles. The Bertz CT molecular complexity index is 3320. The van der Waals surface area contributed by atoms with E-state index >= 15 is 0 Å². The molecule has 0 aliphatic rings. The van der Waals surface area contributed by atoms with Gasteiger partial charge in [-0.15, -0.1) is 0 Å². The molecule has 0 aliphatic carbocycles. The van der Waals surface area contributed by atoms with E-state index in [2.05, 4.69) is 250 Å². The van der Waals surface area contributed by atoms with Gasteiger partial charge in [0.05, 0.1) is 28.1 Å². The molecule has 0 atom stereocenters. The second-order valence-electron chi connectivity index (χ2n) is 22.3. The van der Waals surface area contributed by atoms with Crippen molar-refractivity contribution in [2.24, 2.45) is 0 Å². The van der Waals surface area contributed by atoms with E-state index in [9.17, 15) is 0 Å². The molecule has 1 heterocycles. The van der Waals surface area contributed by atoms with Crippen molar-refractivity contribution in [3.63, 3.8) is 0 Å². The van der Waals surface area contributed by atoms with Crippen LogP contribution in [-0.4, -0.2) is 4.57 Å². The van der Waals surface area contributed by atoms with Gasteiger partial charge in [-0.3, -0.25) is 0 Å². The summed E-state index contributed by atoms with van der Waals surface area (Å²) in [6.07, 6.45) is 0. The number of para-hydroxylation sites is 2. The molecule has 9 aromatic carbocycles. The monoisotopic (exact) mass is 834 g/mol. The Labute approximate surface area is 380 Å². The summed E-state index contributed by atoms with van der Waals surface area (Å²) in [5.41, 5.74) is 14.7. The van der Waals surface area contributed by atoms with Gasteiger partial charge in [-0.2, -0.15) is 0 Å². The zero-order chi connectivity index (χ0) is 45.1. The van der Waals surface area contributed by atoms with Crippen LogP contribution in [0.15, 0.2) is 158 Å². The van der Waals surface area contributed by atoms with Crippen LogP contribution in [0.3, 0.4) is 0 Å². The molecule has 0 saturated carbocycles. The fourth-order valence-corrected chi connectivity index (χ4v) is 10.2. The van der Waals surface area contributed by atoms with Crippen molar-refractivity contribution in [1.82, 2.24) is 4.57 Å². The van der Waals surface area contributed by atoms with E-state index < -0.39 is 0 Å². The lowest BCUT2D eigenvalue weighted by Crippen LogP contribution is -2.23. The van der Waals surface area contributed by atoms with Crippen molar-refractivity contribution in [1.29, 1.82) is 0 Å². The summed E-state index contributed by atoms with van der Waals surface area (Å²) in [6, 6.07) is 60.0. The quantitative estimate of drug-likeness (QED) is 0.157. The Morgan fingerprint density at radius 1 is 0.375 bits per heavy atom. The lowest BCUT2D eigenvalue weighted by atomic mass is 9.76. The van der Waals surface area contributed by atoms with E-state index in [-0.39, 0.29) is 21.7 Å². The van der Waals surface area contributed by atoms with Crippen molar-refractivity contribution in [2.75, 3.05) is 4.90 Å². The molecule has 10 rings (SSSR count). The number of hydrogen-bond donors (Lipinski definition) is 0. The first-order valence-corrected chi connectivity index (χ1v) is 23.2. The zero-order valence-electron chi connectivity index (χ0n) is 39.9. The molecule has 64 heavy (non-hydrogen) atoms. The predicted molar refractivity (Wildman–Crippen MR) is 279 cm³/mol. The Balaban J connectivity index is 1.33. The van der Waals surface area contributed by atoms with Crippen LogP contribution in [0.5, 0.6) is 0 Å². The molecule has 0 radical (unpaired) electrons. The van der Waals surface area contributed by atoms with Gasteiger partial charge in [0.15, 0.2) is 0 Å². The van der Waals surface area contributed by atoms with Gasteiger partial charge in [-0.1, -0.05) is 192 Å². The highest BCUT2D eigenvalue weighted by molar-refractivity contribution is 6.27. The van der Waals surface area contributed by atoms with Crippen LogP contribution in [0, 0.1) is 0 Å². The van der Waals surface area contributed by atoms with Crippen molar-refractivity contribution in [3.8, 4) is 16.8 Å². The Morgan fingerprint density at radius 2 is 0.875 bits per heavy atom. The van der Waals surface area contributed by atoms with Crippen LogP contribution in [0.2, 0.25) is 0 Å². The molecule has 0 bridgehead atoms. The highest BCUT2D eigenvalue weighted by Gasteiger charge is 2.32. The average Bonchev–Trinajstić information content (AvgIpc) is 3.59. The fourth-order valence-electron chi connectivity index (χ4n) is 10.2. The maximum absolute atomic E-state index is 2.63. The average molecular weight is 835 g/mol. The van der Waals surface area contributed by atoms with Gasteiger partial charge >= 0.3 is 0 Å². The minimum Gasteiger partial charge on any atom is -0.310 e. The maximum atomic E-state index is 2.63. The van der Waals surface area contributed by atoms with Crippen LogP contribution < -0.4 is 4.90 Å². The van der Waals surface area contributed by atoms with Crippen LogP contribution in [0.25, 0.3) is 70.9 Å². The topological polar surface area (TPSA) is 8.17 Å². The molecule has 0 N–H and O–H groups in total. The molecule has 0 saturated heterocycles. The summed E-state index contributed by atoms with van der Waals surface area (Å²) in [7, 11) is 0. The lowest BCUT2D eigenvalue weighted by Gasteiger charge is -2.37. The number of aromatic nitrogens is 1. The van der Waals surface area contributed by atoms with Gasteiger partial charge in [0.2, 0.25) is 0 Å². The standard InChI is InChI=1S/C62H62N2/c1-59(2,3)42-34-43(60(4,5)6)36-44(35-42)63(56-38-50(61(7,8)9)49(37-51(56)62(10,11)12)39-20-14-13-15-21-39)54-32-28-40-27-31-48-55(33-29-41-26-30-47(54)57(40)58(41)48)64-52-24-18-16-22-45(52)46-23-17-19-25-53(46)64/h13-38H,1-12H3. The van der Waals surface area contributed by atoms with E-state index in [0.29, 0.717) is 0 Å². The van der Waals surface area contributed by atoms with E-state index in [4.69, 9.17) is 0 Å². The van der Waals surface area contributed by atoms with Gasteiger partial charge < -0.3 is 9.47 Å². The third kappa shape index (κ3) is 6.85. The Hall–Kier alpha value is -6.38. The van der Waals surface area contributed by atoms with Crippen molar-refractivity contribution < 1.29 is 0 Å². The second-order valence-corrected chi connectivity index (χ2v) is 22.3. The van der Waals surface area contributed by atoms with Crippen LogP contribution in [-0.2, 0) is 21.7 Å². The summed E-state index contributed by atoms with van der Waals surface area (Å²) in [6.45, 7) is 28.3. The SMILES string of the molecule is CC(C)(C)c1cc(N(c2cc(C(C)(C)C)c(-c3ccccc3)cc2C(C)(C)C)c2ccc3ccc4c(-n5c6ccccc6c6ccccc65)ccc5ccc2c3c54)cc(C(C)(C)C)c1. The van der Waals surface area contributed by atoms with Gasteiger partial charge in [-0.05, 0) is 125 Å². The summed E-state index contributed by atoms with van der Waals surface area (Å²) in [4.78, 5) is 2.63. The smallest absolute Gasteiger partial charge is 0.0541 e. The van der Waals surface area contributed by atoms with Crippen LogP contribution >= 0.6 is 0 Å². The van der Waals surface area contributed by atoms with E-state index in [0.717, 1.165) is 0 Å². The zero-order valence-corrected chi connectivity index (χ0v) is 39.9. The highest BCUT2D eigenvalue weighted by atomic mass is 15.1. The summed E-state index contributed by atoms with van der Waals surface area (Å²) < 4.78 is 2.48. The molecule has 0 amide bonds. The molecular formula is C62H62N2. The third-order valence-electron chi connectivity index (χ3n) is 13.7. The fraction of sp³-hybridized carbons (Fsp3) is 0.258. The minimum atomic E-state index is -0.178. The summed E-state index contributed by atoms with van der Waals surface area (Å²) in [5.74, 6) is 0. The number of fused-ring (bicyclic) bond motifs is 3. The molecular weight excluding hydrogens is 773 g/mol. The van der Waals surface area contributed by atoms with Gasteiger partial charge in [-0.25, -0.2) is 0 Å². The highest BCUT2D eigenvalue weighted by Crippen LogP contribution is 2.51. The molecule has 0 aliphatic heterocycles. The maximum Gasteiger partial charge on any atom is 0.0541 e. The number of hydrogen-bond acceptors (Lipinski definition) is 1. The van der Waals surface area contributed by atoms with E-state index in [1.165, 1.54) is 110 Å². The van der Waals surface area contributed by atoms with Gasteiger partial charge in [0, 0.05) is 27.2 Å². The normalized spacial score (nSPS) is 13.0. The first kappa shape index (κ1) is 41.6. The first-order chi connectivity index (χ1) is 30.3. The summed E-state index contributed by atoms with van der Waals surface area (Å²) in [5, 5.41) is 10.2. The van der Waals surface area contributed by atoms with Crippen molar-refractivity contribution in [2.45, 2.75) is 105 Å². The number of benzene rings is 9. The van der Waals surface area contributed by atoms with Gasteiger partial charge in [0.1, 0.15) is 0 Å². The van der Waals surface area contributed by atoms with Crippen molar-refractivity contribution >= 4 is 71.2 Å². The molecule has 0 fully saturated rings. The van der Waals surface area contributed by atoms with Gasteiger partial charge in [0.25, 0.3) is 0 Å². The van der Waals surface area contributed by atoms with Crippen molar-refractivity contribution in [3.05, 3.63) is 180 Å². The molecule has 0 spiro atoms. The molecule has 0 unspecified atom stereocenters. The van der Waals surface area contributed by atoms with E-state index in [1.54, 1.807) is 0 Å². The summed E-state index contributed by atoms with van der Waals surface area (Å²) >= 11 is 0. The van der Waals surface area contributed by atoms with Crippen LogP contribution in [0.1, 0.15) is 105 Å². The second kappa shape index (κ2) is 14.6. The Kier molecular flexibility index (Phi) is 9.48. The minimum absolute atomic E-state index is 0.0614. The lowest BCUT2D eigenvalue weighted by molar-refractivity contribution is 0.568. The third-order valence-corrected chi connectivity index (χ3v) is 13.7. The molecule has 10 aromatic rings. The number of rotatable bonds is 5. The molecule has 2 nitrogen and oxygen atoms in total. The molecule has 320 valence electrons. The largest absolute Gasteiger partial charge is 0.310 e. The predicted octanol–water partition coefficient (Wildman–Crippen LogP) is 18.0. The number of nitrogens with zero attached hydrogens (tertiary/aromatic N) is 2. The first-order valence-electron chi connectivity index (χ1n) is 23.2. The molecule has 2 heteroatoms. The van der Waals surface area contributed by atoms with Crippen LogP contribution in [0.4, 0.5) is 17.1 Å². The Morgan fingerprint density at radius 3 is 1.44 bits per heavy atom. The van der Waals surface area contributed by atoms with E-state index in [1.807, 2.05) is 0 Å².